The van der Waals surface area contributed by atoms with Crippen molar-refractivity contribution in [2.24, 2.45) is 0 Å². The average molecular weight is 386 g/mol. The Bertz CT molecular complexity index is 887. The van der Waals surface area contributed by atoms with Crippen LogP contribution in [0.4, 0.5) is 0 Å². The summed E-state index contributed by atoms with van der Waals surface area (Å²) in [5.41, 5.74) is 1.03. The van der Waals surface area contributed by atoms with Gasteiger partial charge in [-0.25, -0.2) is 4.98 Å². The van der Waals surface area contributed by atoms with Crippen LogP contribution in [0.25, 0.3) is 10.2 Å². The molecule has 3 heterocycles. The molecule has 2 amide bonds. The van der Waals surface area contributed by atoms with Crippen molar-refractivity contribution in [1.29, 1.82) is 0 Å². The molecule has 1 aromatic carbocycles. The fourth-order valence-electron chi connectivity index (χ4n) is 3.23. The van der Waals surface area contributed by atoms with Crippen molar-refractivity contribution in [3.05, 3.63) is 51.7 Å². The van der Waals surface area contributed by atoms with E-state index in [2.05, 4.69) is 11.4 Å². The van der Waals surface area contributed by atoms with Gasteiger partial charge in [0.2, 0.25) is 5.91 Å². The van der Waals surface area contributed by atoms with Gasteiger partial charge in [0.15, 0.2) is 0 Å². The first-order valence-electron chi connectivity index (χ1n) is 8.65. The minimum absolute atomic E-state index is 0.0271. The number of thiophene rings is 1. The number of carbonyl (C=O) groups is 2. The molecule has 0 bridgehead atoms. The summed E-state index contributed by atoms with van der Waals surface area (Å²) in [5.74, 6) is 0.0619. The lowest BCUT2D eigenvalue weighted by atomic mass is 9.98. The molecule has 134 valence electrons. The minimum atomic E-state index is -0.187. The molecule has 1 aliphatic rings. The average Bonchev–Trinajstić information content (AvgIpc) is 3.35. The number of hydrogen-bond acceptors (Lipinski definition) is 5. The number of fused-ring (bicyclic) bond motifs is 1. The summed E-state index contributed by atoms with van der Waals surface area (Å²) in [5, 5.41) is 5.68. The first kappa shape index (κ1) is 17.2. The van der Waals surface area contributed by atoms with Gasteiger partial charge in [-0.2, -0.15) is 0 Å². The highest BCUT2D eigenvalue weighted by Crippen LogP contribution is 2.32. The van der Waals surface area contributed by atoms with Gasteiger partial charge in [-0.1, -0.05) is 18.2 Å². The monoisotopic (exact) mass is 385 g/mol. The lowest BCUT2D eigenvalue weighted by Gasteiger charge is -2.31. The maximum Gasteiger partial charge on any atom is 0.261 e. The van der Waals surface area contributed by atoms with Crippen LogP contribution in [0.3, 0.4) is 0 Å². The van der Waals surface area contributed by atoms with Crippen LogP contribution in [0, 0.1) is 0 Å². The first-order chi connectivity index (χ1) is 12.7. The summed E-state index contributed by atoms with van der Waals surface area (Å²) in [6, 6.07) is 11.7. The predicted molar refractivity (Wildman–Crippen MR) is 105 cm³/mol. The van der Waals surface area contributed by atoms with Gasteiger partial charge in [-0.15, -0.1) is 22.7 Å². The SMILES string of the molecule is O=C(NCC(=O)N1CCC[C@H](c2nc3ccccc3s2)C1)c1cccs1. The summed E-state index contributed by atoms with van der Waals surface area (Å²) in [6.45, 7) is 1.46. The van der Waals surface area contributed by atoms with Crippen molar-refractivity contribution in [1.82, 2.24) is 15.2 Å². The molecule has 0 radical (unpaired) electrons. The van der Waals surface area contributed by atoms with Gasteiger partial charge in [-0.05, 0) is 36.4 Å². The summed E-state index contributed by atoms with van der Waals surface area (Å²) in [4.78, 5) is 31.8. The van der Waals surface area contributed by atoms with Crippen molar-refractivity contribution in [3.8, 4) is 0 Å². The lowest BCUT2D eigenvalue weighted by molar-refractivity contribution is -0.131. The van der Waals surface area contributed by atoms with Gasteiger partial charge in [-0.3, -0.25) is 9.59 Å². The van der Waals surface area contributed by atoms with Gasteiger partial charge in [0, 0.05) is 19.0 Å². The van der Waals surface area contributed by atoms with Crippen LogP contribution in [-0.2, 0) is 4.79 Å². The van der Waals surface area contributed by atoms with Crippen LogP contribution in [0.15, 0.2) is 41.8 Å². The van der Waals surface area contributed by atoms with Gasteiger partial charge >= 0.3 is 0 Å². The van der Waals surface area contributed by atoms with E-state index in [1.54, 1.807) is 17.4 Å². The smallest absolute Gasteiger partial charge is 0.261 e. The van der Waals surface area contributed by atoms with E-state index < -0.39 is 0 Å². The van der Waals surface area contributed by atoms with Crippen LogP contribution in [0.2, 0.25) is 0 Å². The molecule has 26 heavy (non-hydrogen) atoms. The largest absolute Gasteiger partial charge is 0.342 e. The van der Waals surface area contributed by atoms with E-state index in [0.29, 0.717) is 11.4 Å². The summed E-state index contributed by atoms with van der Waals surface area (Å²) >= 11 is 3.09. The van der Waals surface area contributed by atoms with E-state index in [1.165, 1.54) is 16.0 Å². The molecule has 0 spiro atoms. The third kappa shape index (κ3) is 3.64. The number of likely N-dealkylation sites (tertiary alicyclic amines) is 1. The highest BCUT2D eigenvalue weighted by Gasteiger charge is 2.27. The van der Waals surface area contributed by atoms with Crippen LogP contribution in [-0.4, -0.2) is 41.3 Å². The zero-order valence-electron chi connectivity index (χ0n) is 14.2. The van der Waals surface area contributed by atoms with E-state index in [0.717, 1.165) is 29.9 Å². The number of thiazole rings is 1. The van der Waals surface area contributed by atoms with Crippen molar-refractivity contribution >= 4 is 44.7 Å². The number of carbonyl (C=O) groups excluding carboxylic acids is 2. The molecular formula is C19H19N3O2S2. The molecule has 2 aromatic heterocycles. The van der Waals surface area contributed by atoms with Gasteiger partial charge in [0.05, 0.1) is 26.6 Å². The molecule has 4 rings (SSSR count). The number of aromatic nitrogens is 1. The zero-order chi connectivity index (χ0) is 17.9. The Morgan fingerprint density at radius 3 is 2.92 bits per heavy atom. The Morgan fingerprint density at radius 1 is 1.23 bits per heavy atom. The highest BCUT2D eigenvalue weighted by atomic mass is 32.1. The molecule has 0 unspecified atom stereocenters. The number of nitrogens with one attached hydrogen (secondary N) is 1. The van der Waals surface area contributed by atoms with Gasteiger partial charge < -0.3 is 10.2 Å². The topological polar surface area (TPSA) is 62.3 Å². The van der Waals surface area contributed by atoms with Gasteiger partial charge in [0.1, 0.15) is 0 Å². The number of piperidine rings is 1. The quantitative estimate of drug-likeness (QED) is 0.748. The summed E-state index contributed by atoms with van der Waals surface area (Å²) in [6.07, 6.45) is 2.01. The molecule has 1 aliphatic heterocycles. The van der Waals surface area contributed by atoms with Crippen molar-refractivity contribution in [2.45, 2.75) is 18.8 Å². The molecule has 1 N–H and O–H groups in total. The van der Waals surface area contributed by atoms with Crippen LogP contribution >= 0.6 is 22.7 Å². The molecule has 3 aromatic rings. The van der Waals surface area contributed by atoms with Crippen molar-refractivity contribution in [2.75, 3.05) is 19.6 Å². The number of para-hydroxylation sites is 1. The summed E-state index contributed by atoms with van der Waals surface area (Å²) in [7, 11) is 0. The van der Waals surface area contributed by atoms with Crippen LogP contribution in [0.1, 0.15) is 33.4 Å². The maximum absolute atomic E-state index is 12.5. The Labute approximate surface area is 159 Å². The fourth-order valence-corrected chi connectivity index (χ4v) is 4.97. The lowest BCUT2D eigenvalue weighted by Crippen LogP contribution is -2.44. The third-order valence-electron chi connectivity index (χ3n) is 4.58. The molecule has 1 saturated heterocycles. The van der Waals surface area contributed by atoms with E-state index >= 15 is 0 Å². The predicted octanol–water partition coefficient (Wildman–Crippen LogP) is 3.49. The second kappa shape index (κ2) is 7.55. The Hall–Kier alpha value is -2.25. The molecule has 1 fully saturated rings. The van der Waals surface area contributed by atoms with E-state index in [-0.39, 0.29) is 24.3 Å². The van der Waals surface area contributed by atoms with Crippen LogP contribution < -0.4 is 5.32 Å². The molecule has 7 heteroatoms. The molecule has 1 atom stereocenters. The molecule has 0 saturated carbocycles. The Morgan fingerprint density at radius 2 is 2.12 bits per heavy atom. The van der Waals surface area contributed by atoms with E-state index in [1.807, 2.05) is 34.5 Å². The fraction of sp³-hybridized carbons (Fsp3) is 0.316. The highest BCUT2D eigenvalue weighted by molar-refractivity contribution is 7.18. The van der Waals surface area contributed by atoms with Crippen molar-refractivity contribution in [3.63, 3.8) is 0 Å². The molecule has 0 aliphatic carbocycles. The number of rotatable bonds is 4. The van der Waals surface area contributed by atoms with Gasteiger partial charge in [0.25, 0.3) is 5.91 Å². The maximum atomic E-state index is 12.5. The number of nitrogens with zero attached hydrogens (tertiary/aromatic N) is 2. The molecular weight excluding hydrogens is 366 g/mol. The second-order valence-corrected chi connectivity index (χ2v) is 8.37. The van der Waals surface area contributed by atoms with E-state index in [4.69, 9.17) is 4.98 Å². The Balaban J connectivity index is 1.38. The van der Waals surface area contributed by atoms with Crippen LogP contribution in [0.5, 0.6) is 0 Å². The third-order valence-corrected chi connectivity index (χ3v) is 6.65. The standard InChI is InChI=1S/C19H19N3O2S2/c23-17(11-20-18(24)16-8-4-10-25-16)22-9-3-5-13(12-22)19-21-14-6-1-2-7-15(14)26-19/h1-2,4,6-8,10,13H,3,5,9,11-12H2,(H,20,24)/t13-/m0/s1. The Kier molecular flexibility index (Phi) is 4.99. The zero-order valence-corrected chi connectivity index (χ0v) is 15.8. The summed E-state index contributed by atoms with van der Waals surface area (Å²) < 4.78 is 1.19. The molecule has 5 nitrogen and oxygen atoms in total. The number of benzene rings is 1. The number of amides is 2. The van der Waals surface area contributed by atoms with E-state index in [9.17, 15) is 9.59 Å². The normalized spacial score (nSPS) is 17.4. The first-order valence-corrected chi connectivity index (χ1v) is 10.4. The number of hydrogen-bond donors (Lipinski definition) is 1. The van der Waals surface area contributed by atoms with Crippen molar-refractivity contribution < 1.29 is 9.59 Å². The minimum Gasteiger partial charge on any atom is -0.342 e. The second-order valence-electron chi connectivity index (χ2n) is 6.36.